The first-order chi connectivity index (χ1) is 10.1. The molecule has 7 heteroatoms. The SMILES string of the molecule is CCC1CCC(CNS(=O)(=O)c2cccnc2NN)CC1. The molecule has 1 aliphatic carbocycles. The lowest BCUT2D eigenvalue weighted by Gasteiger charge is -2.27. The van der Waals surface area contributed by atoms with Crippen LogP contribution in [0.15, 0.2) is 23.2 Å². The van der Waals surface area contributed by atoms with E-state index in [4.69, 9.17) is 5.84 Å². The number of nitrogen functional groups attached to an aromatic ring is 1. The number of hydrogen-bond acceptors (Lipinski definition) is 5. The van der Waals surface area contributed by atoms with E-state index in [1.807, 2.05) is 0 Å². The molecular weight excluding hydrogens is 288 g/mol. The van der Waals surface area contributed by atoms with Gasteiger partial charge in [-0.05, 0) is 36.8 Å². The van der Waals surface area contributed by atoms with Crippen molar-refractivity contribution in [2.75, 3.05) is 12.0 Å². The highest BCUT2D eigenvalue weighted by Crippen LogP contribution is 2.30. The van der Waals surface area contributed by atoms with Gasteiger partial charge in [-0.1, -0.05) is 26.2 Å². The summed E-state index contributed by atoms with van der Waals surface area (Å²) in [6.45, 7) is 2.70. The van der Waals surface area contributed by atoms with Crippen molar-refractivity contribution in [3.05, 3.63) is 18.3 Å². The van der Waals surface area contributed by atoms with Crippen molar-refractivity contribution in [3.63, 3.8) is 0 Å². The first kappa shape index (κ1) is 16.2. The average molecular weight is 312 g/mol. The second-order valence-electron chi connectivity index (χ2n) is 5.64. The monoisotopic (exact) mass is 312 g/mol. The van der Waals surface area contributed by atoms with Crippen LogP contribution >= 0.6 is 0 Å². The molecule has 2 rings (SSSR count). The quantitative estimate of drug-likeness (QED) is 0.550. The second-order valence-corrected chi connectivity index (χ2v) is 7.38. The number of anilines is 1. The lowest BCUT2D eigenvalue weighted by Crippen LogP contribution is -2.32. The molecule has 1 aromatic rings. The third-order valence-electron chi connectivity index (χ3n) is 4.30. The Labute approximate surface area is 126 Å². The van der Waals surface area contributed by atoms with Gasteiger partial charge in [0.2, 0.25) is 10.0 Å². The smallest absolute Gasteiger partial charge is 0.244 e. The number of nitrogens with one attached hydrogen (secondary N) is 2. The van der Waals surface area contributed by atoms with E-state index < -0.39 is 10.0 Å². The molecule has 0 spiro atoms. The van der Waals surface area contributed by atoms with Gasteiger partial charge in [-0.2, -0.15) is 0 Å². The van der Waals surface area contributed by atoms with Crippen molar-refractivity contribution in [1.29, 1.82) is 0 Å². The number of pyridine rings is 1. The molecule has 1 aliphatic rings. The van der Waals surface area contributed by atoms with E-state index in [0.717, 1.165) is 18.8 Å². The summed E-state index contributed by atoms with van der Waals surface area (Å²) in [5, 5.41) is 0. The van der Waals surface area contributed by atoms with Crippen LogP contribution in [0.25, 0.3) is 0 Å². The van der Waals surface area contributed by atoms with Gasteiger partial charge >= 0.3 is 0 Å². The van der Waals surface area contributed by atoms with E-state index in [9.17, 15) is 8.42 Å². The van der Waals surface area contributed by atoms with Crippen LogP contribution in [0.5, 0.6) is 0 Å². The lowest BCUT2D eigenvalue weighted by atomic mass is 9.81. The molecule has 6 nitrogen and oxygen atoms in total. The molecule has 1 fully saturated rings. The topological polar surface area (TPSA) is 97.1 Å². The number of nitrogens with zero attached hydrogens (tertiary/aromatic N) is 1. The highest BCUT2D eigenvalue weighted by Gasteiger charge is 2.23. The van der Waals surface area contributed by atoms with Gasteiger partial charge < -0.3 is 5.43 Å². The highest BCUT2D eigenvalue weighted by molar-refractivity contribution is 7.89. The van der Waals surface area contributed by atoms with E-state index in [1.165, 1.54) is 31.5 Å². The molecule has 0 saturated heterocycles. The molecule has 4 N–H and O–H groups in total. The Morgan fingerprint density at radius 2 is 1.95 bits per heavy atom. The molecule has 1 aromatic heterocycles. The van der Waals surface area contributed by atoms with Gasteiger partial charge in [-0.25, -0.2) is 24.0 Å². The number of hydrogen-bond donors (Lipinski definition) is 3. The van der Waals surface area contributed by atoms with Gasteiger partial charge in [0.15, 0.2) is 5.82 Å². The summed E-state index contributed by atoms with van der Waals surface area (Å²) in [7, 11) is -3.58. The maximum atomic E-state index is 12.3. The predicted molar refractivity (Wildman–Crippen MR) is 83.0 cm³/mol. The fourth-order valence-electron chi connectivity index (χ4n) is 2.86. The normalized spacial score (nSPS) is 23.0. The minimum absolute atomic E-state index is 0.0924. The third-order valence-corrected chi connectivity index (χ3v) is 5.76. The van der Waals surface area contributed by atoms with Crippen molar-refractivity contribution in [3.8, 4) is 0 Å². The van der Waals surface area contributed by atoms with E-state index >= 15 is 0 Å². The van der Waals surface area contributed by atoms with Crippen LogP contribution in [-0.4, -0.2) is 19.9 Å². The van der Waals surface area contributed by atoms with Crippen molar-refractivity contribution >= 4 is 15.8 Å². The zero-order chi connectivity index (χ0) is 15.3. The summed E-state index contributed by atoms with van der Waals surface area (Å²) >= 11 is 0. The van der Waals surface area contributed by atoms with Gasteiger partial charge in [-0.15, -0.1) is 0 Å². The molecule has 0 radical (unpaired) electrons. The molecule has 0 amide bonds. The van der Waals surface area contributed by atoms with Gasteiger partial charge in [0.25, 0.3) is 0 Å². The fourth-order valence-corrected chi connectivity index (χ4v) is 4.10. The van der Waals surface area contributed by atoms with Crippen LogP contribution in [-0.2, 0) is 10.0 Å². The summed E-state index contributed by atoms with van der Waals surface area (Å²) in [6, 6.07) is 3.08. The Hall–Kier alpha value is -1.18. The fraction of sp³-hybridized carbons (Fsp3) is 0.643. The number of hydrazine groups is 1. The molecule has 0 bridgehead atoms. The Morgan fingerprint density at radius 1 is 1.29 bits per heavy atom. The van der Waals surface area contributed by atoms with E-state index in [0.29, 0.717) is 12.5 Å². The summed E-state index contributed by atoms with van der Waals surface area (Å²) < 4.78 is 27.3. The summed E-state index contributed by atoms with van der Waals surface area (Å²) in [4.78, 5) is 4.02. The largest absolute Gasteiger partial charge is 0.307 e. The Morgan fingerprint density at radius 3 is 2.57 bits per heavy atom. The second kappa shape index (κ2) is 7.20. The van der Waals surface area contributed by atoms with Crippen molar-refractivity contribution < 1.29 is 8.42 Å². The molecule has 0 unspecified atom stereocenters. The highest BCUT2D eigenvalue weighted by atomic mass is 32.2. The zero-order valence-corrected chi connectivity index (χ0v) is 13.2. The maximum absolute atomic E-state index is 12.3. The number of nitrogens with two attached hydrogens (primary N) is 1. The minimum atomic E-state index is -3.58. The summed E-state index contributed by atoms with van der Waals surface area (Å²) in [6.07, 6.45) is 7.31. The predicted octanol–water partition coefficient (Wildman–Crippen LogP) is 1.86. The van der Waals surface area contributed by atoms with E-state index in [2.05, 4.69) is 22.1 Å². The summed E-state index contributed by atoms with van der Waals surface area (Å²) in [5.74, 6) is 6.71. The van der Waals surface area contributed by atoms with E-state index in [-0.39, 0.29) is 10.7 Å². The van der Waals surface area contributed by atoms with Crippen molar-refractivity contribution in [1.82, 2.24) is 9.71 Å². The Balaban J connectivity index is 1.96. The Kier molecular flexibility index (Phi) is 5.55. The molecule has 1 heterocycles. The van der Waals surface area contributed by atoms with Crippen LogP contribution in [0.3, 0.4) is 0 Å². The van der Waals surface area contributed by atoms with Crippen LogP contribution < -0.4 is 16.0 Å². The van der Waals surface area contributed by atoms with Crippen molar-refractivity contribution in [2.45, 2.75) is 43.9 Å². The van der Waals surface area contributed by atoms with Gasteiger partial charge in [0.1, 0.15) is 4.90 Å². The standard InChI is InChI=1S/C14H24N4O2S/c1-2-11-5-7-12(8-6-11)10-17-21(19,20)13-4-3-9-16-14(13)18-15/h3-4,9,11-12,17H,2,5-8,10,15H2,1H3,(H,16,18). The molecule has 118 valence electrons. The van der Waals surface area contributed by atoms with Crippen LogP contribution in [0, 0.1) is 11.8 Å². The molecule has 21 heavy (non-hydrogen) atoms. The average Bonchev–Trinajstić information content (AvgIpc) is 2.53. The molecule has 0 aliphatic heterocycles. The molecule has 1 saturated carbocycles. The molecule has 0 aromatic carbocycles. The summed E-state index contributed by atoms with van der Waals surface area (Å²) in [5.41, 5.74) is 2.32. The van der Waals surface area contributed by atoms with E-state index in [1.54, 1.807) is 6.07 Å². The first-order valence-corrected chi connectivity index (χ1v) is 8.96. The van der Waals surface area contributed by atoms with Gasteiger partial charge in [-0.3, -0.25) is 0 Å². The third kappa shape index (κ3) is 4.15. The lowest BCUT2D eigenvalue weighted by molar-refractivity contribution is 0.270. The van der Waals surface area contributed by atoms with Gasteiger partial charge in [0.05, 0.1) is 0 Å². The molecule has 0 atom stereocenters. The van der Waals surface area contributed by atoms with Crippen LogP contribution in [0.4, 0.5) is 5.82 Å². The van der Waals surface area contributed by atoms with Crippen LogP contribution in [0.1, 0.15) is 39.0 Å². The van der Waals surface area contributed by atoms with Crippen molar-refractivity contribution in [2.24, 2.45) is 17.7 Å². The molecular formula is C14H24N4O2S. The maximum Gasteiger partial charge on any atom is 0.244 e. The van der Waals surface area contributed by atoms with Gasteiger partial charge in [0, 0.05) is 12.7 Å². The van der Waals surface area contributed by atoms with Crippen LogP contribution in [0.2, 0.25) is 0 Å². The number of rotatable bonds is 6. The number of sulfonamides is 1. The minimum Gasteiger partial charge on any atom is -0.307 e. The number of aromatic nitrogens is 1. The Bertz CT molecular complexity index is 554. The first-order valence-electron chi connectivity index (χ1n) is 7.48. The zero-order valence-electron chi connectivity index (χ0n) is 12.4.